The summed E-state index contributed by atoms with van der Waals surface area (Å²) in [6.07, 6.45) is 0. The predicted octanol–water partition coefficient (Wildman–Crippen LogP) is 4.81. The second-order valence-electron chi connectivity index (χ2n) is 7.60. The molecule has 0 radical (unpaired) electrons. The summed E-state index contributed by atoms with van der Waals surface area (Å²) in [5.74, 6) is -0.524. The predicted molar refractivity (Wildman–Crippen MR) is 122 cm³/mol. The summed E-state index contributed by atoms with van der Waals surface area (Å²) in [7, 11) is -1.56. The molecular formula is C24H21ClN2O3S. The number of hydrogen-bond acceptors (Lipinski definition) is 3. The zero-order valence-electron chi connectivity index (χ0n) is 17.1. The SMILES string of the molecule is CC(C)NC(=O)c1ccc2c(c1)N(Cc1cccc(Cl)c1)C(=O)c1ccccc1[S@]2=O. The Morgan fingerprint density at radius 2 is 1.81 bits per heavy atom. The van der Waals surface area contributed by atoms with Gasteiger partial charge in [-0.25, -0.2) is 4.21 Å². The minimum atomic E-state index is -1.56. The Balaban J connectivity index is 1.88. The molecule has 3 aromatic carbocycles. The Kier molecular flexibility index (Phi) is 5.94. The van der Waals surface area contributed by atoms with Crippen LogP contribution in [0.2, 0.25) is 5.02 Å². The van der Waals surface area contributed by atoms with Crippen LogP contribution in [-0.2, 0) is 17.3 Å². The van der Waals surface area contributed by atoms with E-state index in [4.69, 9.17) is 11.6 Å². The van der Waals surface area contributed by atoms with Gasteiger partial charge in [-0.3, -0.25) is 9.59 Å². The summed E-state index contributed by atoms with van der Waals surface area (Å²) < 4.78 is 13.4. The van der Waals surface area contributed by atoms with E-state index in [1.807, 2.05) is 26.0 Å². The Morgan fingerprint density at radius 1 is 1.03 bits per heavy atom. The number of carbonyl (C=O) groups is 2. The van der Waals surface area contributed by atoms with Gasteiger partial charge < -0.3 is 10.2 Å². The summed E-state index contributed by atoms with van der Waals surface area (Å²) in [4.78, 5) is 28.7. The number of rotatable bonds is 4. The van der Waals surface area contributed by atoms with E-state index in [9.17, 15) is 13.8 Å². The molecule has 0 saturated heterocycles. The molecule has 0 bridgehead atoms. The Bertz CT molecular complexity index is 1210. The standard InChI is InChI=1S/C24H21ClN2O3S/c1-15(2)26-23(28)17-10-11-22-20(13-17)27(14-16-6-5-7-18(25)12-16)24(29)19-8-3-4-9-21(19)31(22)30/h3-13,15H,14H2,1-2H3,(H,26,28)/t31-/m1/s1. The minimum absolute atomic E-state index is 0.0334. The molecule has 1 aliphatic heterocycles. The van der Waals surface area contributed by atoms with Crippen molar-refractivity contribution >= 4 is 39.9 Å². The van der Waals surface area contributed by atoms with Crippen LogP contribution in [0.1, 0.15) is 40.1 Å². The number of halogens is 1. The van der Waals surface area contributed by atoms with Crippen LogP contribution in [0.25, 0.3) is 0 Å². The number of anilines is 1. The van der Waals surface area contributed by atoms with Gasteiger partial charge in [-0.15, -0.1) is 0 Å². The van der Waals surface area contributed by atoms with Crippen LogP contribution >= 0.6 is 11.6 Å². The highest BCUT2D eigenvalue weighted by molar-refractivity contribution is 7.85. The first-order valence-electron chi connectivity index (χ1n) is 9.87. The van der Waals surface area contributed by atoms with E-state index in [0.717, 1.165) is 5.56 Å². The van der Waals surface area contributed by atoms with Crippen LogP contribution in [0.5, 0.6) is 0 Å². The molecule has 0 aliphatic carbocycles. The molecule has 0 spiro atoms. The van der Waals surface area contributed by atoms with Gasteiger partial charge in [0.1, 0.15) is 0 Å². The third-order valence-electron chi connectivity index (χ3n) is 4.92. The Labute approximate surface area is 188 Å². The minimum Gasteiger partial charge on any atom is -0.350 e. The first-order valence-corrected chi connectivity index (χ1v) is 11.4. The molecule has 1 aliphatic rings. The smallest absolute Gasteiger partial charge is 0.259 e. The maximum atomic E-state index is 13.6. The Hall–Kier alpha value is -2.96. The van der Waals surface area contributed by atoms with Gasteiger partial charge in [-0.1, -0.05) is 35.9 Å². The van der Waals surface area contributed by atoms with Gasteiger partial charge in [-0.2, -0.15) is 0 Å². The van der Waals surface area contributed by atoms with Crippen molar-refractivity contribution in [1.82, 2.24) is 5.32 Å². The number of carbonyl (C=O) groups excluding carboxylic acids is 2. The van der Waals surface area contributed by atoms with E-state index < -0.39 is 10.8 Å². The van der Waals surface area contributed by atoms with Crippen molar-refractivity contribution in [2.75, 3.05) is 4.90 Å². The van der Waals surface area contributed by atoms with E-state index in [-0.39, 0.29) is 24.4 Å². The van der Waals surface area contributed by atoms with Crippen LogP contribution in [0, 0.1) is 0 Å². The van der Waals surface area contributed by atoms with Crippen LogP contribution in [0.4, 0.5) is 5.69 Å². The zero-order valence-corrected chi connectivity index (χ0v) is 18.7. The molecule has 2 amide bonds. The average molecular weight is 453 g/mol. The molecule has 4 rings (SSSR count). The van der Waals surface area contributed by atoms with E-state index in [1.165, 1.54) is 0 Å². The summed E-state index contributed by atoms with van der Waals surface area (Å²) in [5.41, 5.74) is 2.07. The topological polar surface area (TPSA) is 66.5 Å². The number of hydrogen-bond donors (Lipinski definition) is 1. The number of nitrogens with zero attached hydrogens (tertiary/aromatic N) is 1. The van der Waals surface area contributed by atoms with Gasteiger partial charge in [-0.05, 0) is 61.9 Å². The summed E-state index contributed by atoms with van der Waals surface area (Å²) in [6, 6.07) is 19.1. The lowest BCUT2D eigenvalue weighted by Gasteiger charge is -2.24. The van der Waals surface area contributed by atoms with Crippen LogP contribution in [0.3, 0.4) is 0 Å². The molecule has 1 N–H and O–H groups in total. The third-order valence-corrected chi connectivity index (χ3v) is 6.66. The summed E-state index contributed by atoms with van der Waals surface area (Å²) in [5, 5.41) is 3.42. The van der Waals surface area contributed by atoms with Crippen molar-refractivity contribution in [3.05, 3.63) is 88.4 Å². The third kappa shape index (κ3) is 4.27. The molecular weight excluding hydrogens is 432 g/mol. The summed E-state index contributed by atoms with van der Waals surface area (Å²) in [6.45, 7) is 3.98. The van der Waals surface area contributed by atoms with Crippen molar-refractivity contribution in [1.29, 1.82) is 0 Å². The largest absolute Gasteiger partial charge is 0.350 e. The van der Waals surface area contributed by atoms with Gasteiger partial charge in [0.05, 0.1) is 38.4 Å². The van der Waals surface area contributed by atoms with Gasteiger partial charge in [0.2, 0.25) is 0 Å². The molecule has 5 nitrogen and oxygen atoms in total. The first kappa shape index (κ1) is 21.3. The van der Waals surface area contributed by atoms with Crippen molar-refractivity contribution in [2.45, 2.75) is 36.2 Å². The van der Waals surface area contributed by atoms with E-state index in [1.54, 1.807) is 59.5 Å². The van der Waals surface area contributed by atoms with Crippen molar-refractivity contribution in [3.63, 3.8) is 0 Å². The quantitative estimate of drug-likeness (QED) is 0.618. The highest BCUT2D eigenvalue weighted by Crippen LogP contribution is 2.36. The first-order chi connectivity index (χ1) is 14.8. The van der Waals surface area contributed by atoms with Crippen LogP contribution in [-0.4, -0.2) is 22.1 Å². The van der Waals surface area contributed by atoms with E-state index in [0.29, 0.717) is 31.6 Å². The normalized spacial score (nSPS) is 15.3. The lowest BCUT2D eigenvalue weighted by atomic mass is 10.1. The molecule has 0 saturated carbocycles. The van der Waals surface area contributed by atoms with Crippen molar-refractivity contribution in [3.8, 4) is 0 Å². The van der Waals surface area contributed by atoms with Crippen molar-refractivity contribution < 1.29 is 13.8 Å². The number of benzene rings is 3. The number of amides is 2. The maximum Gasteiger partial charge on any atom is 0.259 e. The molecule has 158 valence electrons. The molecule has 1 atom stereocenters. The molecule has 31 heavy (non-hydrogen) atoms. The van der Waals surface area contributed by atoms with Crippen LogP contribution < -0.4 is 10.2 Å². The highest BCUT2D eigenvalue weighted by Gasteiger charge is 2.31. The van der Waals surface area contributed by atoms with Gasteiger partial charge in [0.15, 0.2) is 0 Å². The lowest BCUT2D eigenvalue weighted by molar-refractivity contribution is 0.0940. The average Bonchev–Trinajstić information content (AvgIpc) is 2.83. The van der Waals surface area contributed by atoms with E-state index >= 15 is 0 Å². The van der Waals surface area contributed by atoms with Crippen molar-refractivity contribution in [2.24, 2.45) is 0 Å². The molecule has 0 unspecified atom stereocenters. The van der Waals surface area contributed by atoms with Gasteiger partial charge in [0.25, 0.3) is 11.8 Å². The Morgan fingerprint density at radius 3 is 2.55 bits per heavy atom. The second kappa shape index (κ2) is 8.65. The van der Waals surface area contributed by atoms with E-state index in [2.05, 4.69) is 5.32 Å². The molecule has 0 aromatic heterocycles. The molecule has 7 heteroatoms. The zero-order chi connectivity index (χ0) is 22.1. The fraction of sp³-hybridized carbons (Fsp3) is 0.167. The monoisotopic (exact) mass is 452 g/mol. The van der Waals surface area contributed by atoms with Crippen LogP contribution in [0.15, 0.2) is 76.5 Å². The second-order valence-corrected chi connectivity index (χ2v) is 9.45. The van der Waals surface area contributed by atoms with Gasteiger partial charge in [0, 0.05) is 16.6 Å². The lowest BCUT2D eigenvalue weighted by Crippen LogP contribution is -2.32. The fourth-order valence-electron chi connectivity index (χ4n) is 3.52. The van der Waals surface area contributed by atoms with Gasteiger partial charge >= 0.3 is 0 Å². The maximum absolute atomic E-state index is 13.6. The number of nitrogens with one attached hydrogen (secondary N) is 1. The molecule has 3 aromatic rings. The molecule has 1 heterocycles. The fourth-order valence-corrected chi connectivity index (χ4v) is 5.08. The highest BCUT2D eigenvalue weighted by atomic mass is 35.5. The number of fused-ring (bicyclic) bond motifs is 2. The molecule has 0 fully saturated rings. The summed E-state index contributed by atoms with van der Waals surface area (Å²) >= 11 is 6.15.